The van der Waals surface area contributed by atoms with Crippen LogP contribution in [0.15, 0.2) is 0 Å². The summed E-state index contributed by atoms with van der Waals surface area (Å²) in [6.45, 7) is 4.66. The lowest BCUT2D eigenvalue weighted by Crippen LogP contribution is -2.33. The Morgan fingerprint density at radius 2 is 1.47 bits per heavy atom. The topological polar surface area (TPSA) is 0 Å². The zero-order chi connectivity index (χ0) is 12.3. The molecule has 1 fully saturated rings. The molecule has 1 aliphatic carbocycles. The van der Waals surface area contributed by atoms with Crippen LogP contribution in [0.25, 0.3) is 0 Å². The zero-order valence-electron chi connectivity index (χ0n) is 9.17. The minimum absolute atomic E-state index is 0.159. The molecule has 0 aromatic heterocycles. The van der Waals surface area contributed by atoms with Crippen LogP contribution in [0.5, 0.6) is 0 Å². The van der Waals surface area contributed by atoms with Crippen LogP contribution in [0.1, 0.15) is 34.1 Å². The van der Waals surface area contributed by atoms with Crippen molar-refractivity contribution >= 4 is 0 Å². The summed E-state index contributed by atoms with van der Waals surface area (Å²) in [6, 6.07) is 0. The van der Waals surface area contributed by atoms with Crippen LogP contribution < -0.4 is 0 Å². The van der Waals surface area contributed by atoms with Crippen LogP contribution in [0, 0.1) is 16.7 Å². The molecule has 1 aliphatic rings. The third-order valence-corrected chi connectivity index (χ3v) is 4.19. The fourth-order valence-electron chi connectivity index (χ4n) is 2.95. The predicted octanol–water partition coefficient (Wildman–Crippen LogP) is 4.26. The SMILES string of the molecule is CCC1(C(C)C(F)(F)F)C(C)(C)C1(F)F. The van der Waals surface area contributed by atoms with Crippen molar-refractivity contribution in [3.63, 3.8) is 0 Å². The van der Waals surface area contributed by atoms with Gasteiger partial charge in [-0.2, -0.15) is 13.2 Å². The van der Waals surface area contributed by atoms with Gasteiger partial charge in [0.15, 0.2) is 0 Å². The molecule has 1 rings (SSSR count). The van der Waals surface area contributed by atoms with E-state index in [0.29, 0.717) is 0 Å². The van der Waals surface area contributed by atoms with Gasteiger partial charge in [0.25, 0.3) is 5.92 Å². The van der Waals surface area contributed by atoms with Crippen LogP contribution in [0.3, 0.4) is 0 Å². The molecule has 0 spiro atoms. The first kappa shape index (κ1) is 12.7. The summed E-state index contributed by atoms with van der Waals surface area (Å²) in [5, 5.41) is 0. The Bertz CT molecular complexity index is 249. The number of halogens is 5. The molecule has 0 N–H and O–H groups in total. The number of hydrogen-bond donors (Lipinski definition) is 0. The quantitative estimate of drug-likeness (QED) is 0.622. The van der Waals surface area contributed by atoms with Gasteiger partial charge in [0.1, 0.15) is 0 Å². The molecule has 5 heteroatoms. The summed E-state index contributed by atoms with van der Waals surface area (Å²) < 4.78 is 64.6. The van der Waals surface area contributed by atoms with Crippen molar-refractivity contribution in [2.75, 3.05) is 0 Å². The van der Waals surface area contributed by atoms with E-state index >= 15 is 0 Å². The number of alkyl halides is 5. The lowest BCUT2D eigenvalue weighted by molar-refractivity contribution is -0.200. The molecule has 1 saturated carbocycles. The molecule has 0 saturated heterocycles. The maximum Gasteiger partial charge on any atom is 0.392 e. The predicted molar refractivity (Wildman–Crippen MR) is 46.7 cm³/mol. The summed E-state index contributed by atoms with van der Waals surface area (Å²) in [7, 11) is 0. The molecule has 0 amide bonds. The highest BCUT2D eigenvalue weighted by atomic mass is 19.4. The second-order valence-electron chi connectivity index (χ2n) is 4.79. The van der Waals surface area contributed by atoms with E-state index in [0.717, 1.165) is 6.92 Å². The summed E-state index contributed by atoms with van der Waals surface area (Å²) in [5.74, 6) is -5.20. The van der Waals surface area contributed by atoms with Crippen LogP contribution in [0.4, 0.5) is 22.0 Å². The largest absolute Gasteiger partial charge is 0.392 e. The Morgan fingerprint density at radius 1 is 1.13 bits per heavy atom. The molecule has 0 aromatic carbocycles. The van der Waals surface area contributed by atoms with Crippen molar-refractivity contribution in [1.29, 1.82) is 0 Å². The van der Waals surface area contributed by atoms with E-state index < -0.39 is 28.8 Å². The van der Waals surface area contributed by atoms with Gasteiger partial charge in [-0.25, -0.2) is 8.78 Å². The van der Waals surface area contributed by atoms with Crippen LogP contribution in [-0.2, 0) is 0 Å². The van der Waals surface area contributed by atoms with Crippen LogP contribution in [-0.4, -0.2) is 12.1 Å². The zero-order valence-corrected chi connectivity index (χ0v) is 9.17. The van der Waals surface area contributed by atoms with Gasteiger partial charge in [0, 0.05) is 5.41 Å². The van der Waals surface area contributed by atoms with Crippen molar-refractivity contribution in [1.82, 2.24) is 0 Å². The highest BCUT2D eigenvalue weighted by Gasteiger charge is 2.89. The van der Waals surface area contributed by atoms with Crippen molar-refractivity contribution in [2.24, 2.45) is 16.7 Å². The number of hydrogen-bond acceptors (Lipinski definition) is 0. The van der Waals surface area contributed by atoms with Gasteiger partial charge < -0.3 is 0 Å². The molecule has 15 heavy (non-hydrogen) atoms. The smallest absolute Gasteiger partial charge is 0.206 e. The monoisotopic (exact) mass is 230 g/mol. The van der Waals surface area contributed by atoms with Gasteiger partial charge in [-0.3, -0.25) is 0 Å². The first-order chi connectivity index (χ1) is 6.47. The van der Waals surface area contributed by atoms with Gasteiger partial charge in [0.2, 0.25) is 0 Å². The highest BCUT2D eigenvalue weighted by Crippen LogP contribution is 2.80. The molecule has 0 aromatic rings. The van der Waals surface area contributed by atoms with E-state index in [9.17, 15) is 22.0 Å². The second-order valence-corrected chi connectivity index (χ2v) is 4.79. The molecule has 2 unspecified atom stereocenters. The molecule has 2 atom stereocenters. The van der Waals surface area contributed by atoms with Gasteiger partial charge in [-0.1, -0.05) is 27.7 Å². The average molecular weight is 230 g/mol. The Kier molecular flexibility index (Phi) is 2.42. The van der Waals surface area contributed by atoms with Crippen molar-refractivity contribution in [2.45, 2.75) is 46.2 Å². The lowest BCUT2D eigenvalue weighted by Gasteiger charge is -2.26. The minimum Gasteiger partial charge on any atom is -0.206 e. The summed E-state index contributed by atoms with van der Waals surface area (Å²) in [4.78, 5) is 0. The second kappa shape index (κ2) is 2.86. The first-order valence-electron chi connectivity index (χ1n) is 4.91. The Balaban J connectivity index is 3.12. The molecule has 0 heterocycles. The van der Waals surface area contributed by atoms with Gasteiger partial charge >= 0.3 is 6.18 Å². The Labute approximate surface area is 85.8 Å². The van der Waals surface area contributed by atoms with Gasteiger partial charge in [-0.15, -0.1) is 0 Å². The fraction of sp³-hybridized carbons (Fsp3) is 1.00. The highest BCUT2D eigenvalue weighted by molar-refractivity contribution is 5.26. The average Bonchev–Trinajstić information content (AvgIpc) is 2.37. The summed E-state index contributed by atoms with van der Waals surface area (Å²) >= 11 is 0. The first-order valence-corrected chi connectivity index (χ1v) is 4.91. The summed E-state index contributed by atoms with van der Waals surface area (Å²) in [5.41, 5.74) is -3.50. The van der Waals surface area contributed by atoms with Crippen molar-refractivity contribution in [3.8, 4) is 0 Å². The molecule has 0 nitrogen and oxygen atoms in total. The van der Waals surface area contributed by atoms with E-state index in [1.807, 2.05) is 0 Å². The molecular weight excluding hydrogens is 215 g/mol. The molecule has 0 aliphatic heterocycles. The van der Waals surface area contributed by atoms with E-state index in [2.05, 4.69) is 0 Å². The summed E-state index contributed by atoms with van der Waals surface area (Å²) in [6.07, 6.45) is -4.72. The third-order valence-electron chi connectivity index (χ3n) is 4.19. The lowest BCUT2D eigenvalue weighted by atomic mass is 9.81. The standard InChI is InChI=1S/C10H15F5/c1-5-8(6(2)9(11,12)13)7(3,4)10(8,14)15/h6H,5H2,1-4H3. The maximum absolute atomic E-state index is 13.5. The van der Waals surface area contributed by atoms with Crippen molar-refractivity contribution < 1.29 is 22.0 Å². The van der Waals surface area contributed by atoms with Crippen LogP contribution in [0.2, 0.25) is 0 Å². The van der Waals surface area contributed by atoms with E-state index in [1.54, 1.807) is 0 Å². The third kappa shape index (κ3) is 1.18. The van der Waals surface area contributed by atoms with Crippen LogP contribution >= 0.6 is 0 Å². The van der Waals surface area contributed by atoms with E-state index in [4.69, 9.17) is 0 Å². The van der Waals surface area contributed by atoms with Gasteiger partial charge in [-0.05, 0) is 6.42 Å². The maximum atomic E-state index is 13.5. The fourth-order valence-corrected chi connectivity index (χ4v) is 2.95. The van der Waals surface area contributed by atoms with Gasteiger partial charge in [0.05, 0.1) is 11.3 Å². The number of rotatable bonds is 2. The molecule has 0 bridgehead atoms. The normalized spacial score (nSPS) is 35.0. The Hall–Kier alpha value is -0.350. The molecule has 0 radical (unpaired) electrons. The van der Waals surface area contributed by atoms with Crippen molar-refractivity contribution in [3.05, 3.63) is 0 Å². The van der Waals surface area contributed by atoms with E-state index in [1.165, 1.54) is 20.8 Å². The Morgan fingerprint density at radius 3 is 1.53 bits per heavy atom. The molecular formula is C10H15F5. The molecule has 90 valence electrons. The van der Waals surface area contributed by atoms with E-state index in [-0.39, 0.29) is 6.42 Å². The minimum atomic E-state index is -4.56.